The van der Waals surface area contributed by atoms with Crippen LogP contribution in [0.4, 0.5) is 0 Å². The van der Waals surface area contributed by atoms with Gasteiger partial charge < -0.3 is 4.90 Å². The van der Waals surface area contributed by atoms with Crippen LogP contribution in [0.1, 0.15) is 5.56 Å². The van der Waals surface area contributed by atoms with Gasteiger partial charge in [-0.05, 0) is 31.8 Å². The molecule has 0 N–H and O–H groups in total. The molecule has 0 fully saturated rings. The lowest BCUT2D eigenvalue weighted by Gasteiger charge is -2.08. The zero-order valence-electron chi connectivity index (χ0n) is 6.76. The molecule has 0 aromatic heterocycles. The fourth-order valence-electron chi connectivity index (χ4n) is 0.902. The highest BCUT2D eigenvalue weighted by Gasteiger charge is 1.93. The average molecular weight is 169 g/mol. The molecule has 0 saturated carbocycles. The van der Waals surface area contributed by atoms with Crippen molar-refractivity contribution in [1.29, 1.82) is 0 Å². The molecule has 0 amide bonds. The van der Waals surface area contributed by atoms with E-state index in [9.17, 15) is 0 Å². The van der Waals surface area contributed by atoms with Gasteiger partial charge in [-0.15, -0.1) is 0 Å². The molecular weight excluding hydrogens is 158 g/mol. The van der Waals surface area contributed by atoms with Crippen LogP contribution in [0.15, 0.2) is 18.2 Å². The molecule has 1 radical (unpaired) electrons. The molecule has 1 nitrogen and oxygen atoms in total. The van der Waals surface area contributed by atoms with E-state index in [1.54, 1.807) is 0 Å². The minimum atomic E-state index is 0.674. The Bertz CT molecular complexity index is 216. The summed E-state index contributed by atoms with van der Waals surface area (Å²) in [6.45, 7) is 0.938. The van der Waals surface area contributed by atoms with Crippen molar-refractivity contribution in [2.75, 3.05) is 14.1 Å². The van der Waals surface area contributed by atoms with Crippen LogP contribution < -0.4 is 0 Å². The zero-order chi connectivity index (χ0) is 8.27. The Morgan fingerprint density at radius 1 is 1.45 bits per heavy atom. The molecule has 1 aromatic carbocycles. The Hall–Kier alpha value is -0.530. The molecule has 1 rings (SSSR count). The van der Waals surface area contributed by atoms with Crippen LogP contribution in [0.2, 0.25) is 5.02 Å². The molecule has 11 heavy (non-hydrogen) atoms. The number of nitrogens with zero attached hydrogens (tertiary/aromatic N) is 1. The molecule has 2 heteroatoms. The minimum Gasteiger partial charge on any atom is -0.305 e. The fraction of sp³-hybridized carbons (Fsp3) is 0.333. The summed E-state index contributed by atoms with van der Waals surface area (Å²) in [6, 6.07) is 8.74. The highest BCUT2D eigenvalue weighted by atomic mass is 35.5. The van der Waals surface area contributed by atoms with E-state index >= 15 is 0 Å². The smallest absolute Gasteiger partial charge is 0.0485 e. The lowest BCUT2D eigenvalue weighted by Crippen LogP contribution is -2.10. The normalized spacial score (nSPS) is 10.5. The van der Waals surface area contributed by atoms with Crippen molar-refractivity contribution in [3.8, 4) is 0 Å². The highest BCUT2D eigenvalue weighted by molar-refractivity contribution is 6.30. The Balaban J connectivity index is 2.66. The van der Waals surface area contributed by atoms with Crippen molar-refractivity contribution in [2.24, 2.45) is 0 Å². The minimum absolute atomic E-state index is 0.674. The molecule has 0 aliphatic heterocycles. The molecular formula is C9H11ClN. The van der Waals surface area contributed by atoms with E-state index in [0.717, 1.165) is 6.54 Å². The zero-order valence-corrected chi connectivity index (χ0v) is 7.52. The van der Waals surface area contributed by atoms with Crippen LogP contribution in [-0.2, 0) is 6.54 Å². The first-order valence-electron chi connectivity index (χ1n) is 3.49. The van der Waals surface area contributed by atoms with Crippen LogP contribution in [-0.4, -0.2) is 19.0 Å². The van der Waals surface area contributed by atoms with Crippen molar-refractivity contribution in [2.45, 2.75) is 6.54 Å². The number of hydrogen-bond acceptors (Lipinski definition) is 1. The van der Waals surface area contributed by atoms with Crippen LogP contribution in [0.5, 0.6) is 0 Å². The second kappa shape index (κ2) is 3.74. The van der Waals surface area contributed by atoms with Gasteiger partial charge >= 0.3 is 0 Å². The SMILES string of the molecule is CN(C)Cc1c[c]c(Cl)cc1. The second-order valence-electron chi connectivity index (χ2n) is 2.78. The van der Waals surface area contributed by atoms with Crippen molar-refractivity contribution in [3.63, 3.8) is 0 Å². The van der Waals surface area contributed by atoms with E-state index in [2.05, 4.69) is 11.0 Å². The van der Waals surface area contributed by atoms with E-state index in [-0.39, 0.29) is 0 Å². The molecule has 0 heterocycles. The second-order valence-corrected chi connectivity index (χ2v) is 3.19. The van der Waals surface area contributed by atoms with Gasteiger partial charge in [-0.25, -0.2) is 0 Å². The van der Waals surface area contributed by atoms with Gasteiger partial charge in [0, 0.05) is 17.6 Å². The van der Waals surface area contributed by atoms with Gasteiger partial charge in [-0.2, -0.15) is 0 Å². The van der Waals surface area contributed by atoms with Gasteiger partial charge in [0.15, 0.2) is 0 Å². The van der Waals surface area contributed by atoms with Gasteiger partial charge in [0.25, 0.3) is 0 Å². The number of hydrogen-bond donors (Lipinski definition) is 0. The third-order valence-corrected chi connectivity index (χ3v) is 1.57. The highest BCUT2D eigenvalue weighted by Crippen LogP contribution is 2.09. The van der Waals surface area contributed by atoms with Gasteiger partial charge in [0.2, 0.25) is 0 Å². The summed E-state index contributed by atoms with van der Waals surface area (Å²) in [7, 11) is 4.07. The van der Waals surface area contributed by atoms with E-state index < -0.39 is 0 Å². The summed E-state index contributed by atoms with van der Waals surface area (Å²) >= 11 is 5.68. The Morgan fingerprint density at radius 2 is 2.18 bits per heavy atom. The quantitative estimate of drug-likeness (QED) is 0.655. The summed E-state index contributed by atoms with van der Waals surface area (Å²) in [5.41, 5.74) is 1.24. The first-order chi connectivity index (χ1) is 5.18. The molecule has 0 aliphatic carbocycles. The molecule has 0 aliphatic rings. The predicted octanol–water partition coefficient (Wildman–Crippen LogP) is 2.20. The maximum atomic E-state index is 5.68. The van der Waals surface area contributed by atoms with Crippen molar-refractivity contribution in [3.05, 3.63) is 34.9 Å². The first kappa shape index (κ1) is 8.57. The molecule has 1 aromatic rings. The average Bonchev–Trinajstić information content (AvgIpc) is 1.93. The number of benzene rings is 1. The number of rotatable bonds is 2. The molecule has 0 unspecified atom stereocenters. The summed E-state index contributed by atoms with van der Waals surface area (Å²) in [5.74, 6) is 0. The maximum absolute atomic E-state index is 5.68. The topological polar surface area (TPSA) is 3.24 Å². The molecule has 0 bridgehead atoms. The molecule has 0 spiro atoms. The lowest BCUT2D eigenvalue weighted by atomic mass is 10.2. The van der Waals surface area contributed by atoms with Crippen molar-refractivity contribution >= 4 is 11.6 Å². The summed E-state index contributed by atoms with van der Waals surface area (Å²) < 4.78 is 0. The first-order valence-corrected chi connectivity index (χ1v) is 3.87. The van der Waals surface area contributed by atoms with Crippen molar-refractivity contribution < 1.29 is 0 Å². The maximum Gasteiger partial charge on any atom is 0.0485 e. The third-order valence-electron chi connectivity index (χ3n) is 1.34. The van der Waals surface area contributed by atoms with E-state index in [1.807, 2.05) is 32.3 Å². The van der Waals surface area contributed by atoms with Crippen LogP contribution in [0.3, 0.4) is 0 Å². The lowest BCUT2D eigenvalue weighted by molar-refractivity contribution is 0.402. The van der Waals surface area contributed by atoms with Gasteiger partial charge in [-0.3, -0.25) is 0 Å². The Kier molecular flexibility index (Phi) is 2.92. The molecule has 0 atom stereocenters. The van der Waals surface area contributed by atoms with E-state index in [4.69, 9.17) is 11.6 Å². The fourth-order valence-corrected chi connectivity index (χ4v) is 1.02. The third kappa shape index (κ3) is 2.91. The van der Waals surface area contributed by atoms with Crippen LogP contribution in [0, 0.1) is 6.07 Å². The summed E-state index contributed by atoms with van der Waals surface area (Å²) in [4.78, 5) is 2.11. The largest absolute Gasteiger partial charge is 0.305 e. The van der Waals surface area contributed by atoms with Gasteiger partial charge in [0.1, 0.15) is 0 Å². The van der Waals surface area contributed by atoms with E-state index in [1.165, 1.54) is 5.56 Å². The van der Waals surface area contributed by atoms with Gasteiger partial charge in [0.05, 0.1) is 0 Å². The Morgan fingerprint density at radius 3 is 2.64 bits per heavy atom. The number of halogens is 1. The van der Waals surface area contributed by atoms with E-state index in [0.29, 0.717) is 5.02 Å². The van der Waals surface area contributed by atoms with Gasteiger partial charge in [-0.1, -0.05) is 17.7 Å². The van der Waals surface area contributed by atoms with Crippen molar-refractivity contribution in [1.82, 2.24) is 4.90 Å². The predicted molar refractivity (Wildman–Crippen MR) is 47.7 cm³/mol. The van der Waals surface area contributed by atoms with Crippen LogP contribution >= 0.6 is 11.6 Å². The molecule has 59 valence electrons. The summed E-state index contributed by atoms with van der Waals surface area (Å²) in [6.07, 6.45) is 0. The monoisotopic (exact) mass is 168 g/mol. The Labute approximate surface area is 72.6 Å². The molecule has 0 saturated heterocycles. The summed E-state index contributed by atoms with van der Waals surface area (Å²) in [5, 5.41) is 0.674. The van der Waals surface area contributed by atoms with Crippen LogP contribution in [0.25, 0.3) is 0 Å². The standard InChI is InChI=1S/C9H11ClN/c1-11(2)7-8-3-5-9(10)6-4-8/h3-5H,7H2,1-2H3.